The van der Waals surface area contributed by atoms with Crippen LogP contribution in [0.3, 0.4) is 0 Å². The Balaban J connectivity index is 1.68. The molecule has 2 aliphatic heterocycles. The summed E-state index contributed by atoms with van der Waals surface area (Å²) >= 11 is 0. The Kier molecular flexibility index (Phi) is 7.87. The van der Waals surface area contributed by atoms with Crippen molar-refractivity contribution in [3.05, 3.63) is 0 Å². The van der Waals surface area contributed by atoms with Gasteiger partial charge in [-0.15, -0.1) is 0 Å². The topological polar surface area (TPSA) is 93.0 Å². The molecule has 2 heterocycles. The van der Waals surface area contributed by atoms with Crippen LogP contribution in [0.1, 0.15) is 39.0 Å². The first-order chi connectivity index (χ1) is 13.1. The van der Waals surface area contributed by atoms with Crippen LogP contribution in [-0.4, -0.2) is 82.3 Å². The van der Waals surface area contributed by atoms with E-state index in [0.717, 1.165) is 32.5 Å². The second-order valence-electron chi connectivity index (χ2n) is 8.18. The normalized spacial score (nSPS) is 43.0. The monoisotopic (exact) mass is 385 g/mol. The molecule has 2 saturated heterocycles. The zero-order valence-electron chi connectivity index (χ0n) is 17.3. The highest BCUT2D eigenvalue weighted by molar-refractivity contribution is 5.02. The van der Waals surface area contributed by atoms with Crippen molar-refractivity contribution < 1.29 is 14.2 Å². The van der Waals surface area contributed by atoms with Crippen LogP contribution in [0, 0.1) is 5.92 Å². The second-order valence-corrected chi connectivity index (χ2v) is 8.18. The van der Waals surface area contributed by atoms with Crippen LogP contribution in [-0.2, 0) is 14.2 Å². The number of ether oxygens (including phenoxy) is 3. The highest BCUT2D eigenvalue weighted by Crippen LogP contribution is 2.35. The molecule has 3 aliphatic rings. The number of nitrogens with zero attached hydrogens (tertiary/aromatic N) is 1. The molecule has 8 heteroatoms. The van der Waals surface area contributed by atoms with E-state index in [1.165, 1.54) is 12.8 Å². The zero-order chi connectivity index (χ0) is 19.4. The van der Waals surface area contributed by atoms with Gasteiger partial charge in [-0.25, -0.2) is 0 Å². The number of unbranched alkanes of at least 4 members (excludes halogenated alkanes) is 1. The molecule has 1 aliphatic carbocycles. The third-order valence-electron chi connectivity index (χ3n) is 6.59. The van der Waals surface area contributed by atoms with Crippen molar-refractivity contribution in [2.45, 2.75) is 81.9 Å². The minimum atomic E-state index is -0.0203. The Labute approximate surface area is 163 Å². The molecule has 8 nitrogen and oxygen atoms in total. The molecule has 0 amide bonds. The van der Waals surface area contributed by atoms with Crippen molar-refractivity contribution in [2.24, 2.45) is 11.7 Å². The number of rotatable bonds is 8. The molecule has 0 bridgehead atoms. The number of fused-ring (bicyclic) bond motifs is 1. The average molecular weight is 386 g/mol. The predicted molar refractivity (Wildman–Crippen MR) is 105 cm³/mol. The minimum Gasteiger partial charge on any atom is -0.379 e. The van der Waals surface area contributed by atoms with Gasteiger partial charge in [-0.2, -0.15) is 0 Å². The zero-order valence-corrected chi connectivity index (χ0v) is 17.3. The molecule has 0 radical (unpaired) electrons. The maximum absolute atomic E-state index is 6.33. The highest BCUT2D eigenvalue weighted by atomic mass is 16.6. The van der Waals surface area contributed by atoms with Gasteiger partial charge in [-0.1, -0.05) is 13.3 Å². The lowest BCUT2D eigenvalue weighted by atomic mass is 9.80. The Morgan fingerprint density at radius 2 is 1.74 bits per heavy atom. The van der Waals surface area contributed by atoms with Crippen molar-refractivity contribution in [2.75, 3.05) is 34.5 Å². The van der Waals surface area contributed by atoms with E-state index in [9.17, 15) is 0 Å². The van der Waals surface area contributed by atoms with E-state index in [-0.39, 0.29) is 30.5 Å². The Morgan fingerprint density at radius 1 is 1.04 bits per heavy atom. The smallest absolute Gasteiger partial charge is 0.109 e. The molecule has 6 unspecified atom stereocenters. The molecule has 1 saturated carbocycles. The largest absolute Gasteiger partial charge is 0.379 e. The maximum Gasteiger partial charge on any atom is 0.109 e. The first-order valence-corrected chi connectivity index (χ1v) is 10.4. The fourth-order valence-corrected chi connectivity index (χ4v) is 5.13. The average Bonchev–Trinajstić information content (AvgIpc) is 3.03. The fourth-order valence-electron chi connectivity index (χ4n) is 5.13. The molecule has 3 fully saturated rings. The van der Waals surface area contributed by atoms with E-state index in [1.54, 1.807) is 21.3 Å². The summed E-state index contributed by atoms with van der Waals surface area (Å²) in [6.45, 7) is 4.09. The van der Waals surface area contributed by atoms with Crippen molar-refractivity contribution in [3.8, 4) is 0 Å². The fraction of sp³-hybridized carbons (Fsp3) is 1.00. The van der Waals surface area contributed by atoms with Crippen molar-refractivity contribution in [1.82, 2.24) is 20.9 Å². The summed E-state index contributed by atoms with van der Waals surface area (Å²) in [5, 5.41) is 10.7. The van der Waals surface area contributed by atoms with E-state index in [2.05, 4.69) is 27.8 Å². The Bertz CT molecular complexity index is 443. The van der Waals surface area contributed by atoms with Gasteiger partial charge in [-0.3, -0.25) is 20.9 Å². The summed E-state index contributed by atoms with van der Waals surface area (Å²) in [6, 6.07) is 0.229. The standard InChI is InChI=1S/C19H39N5O3/c1-5-6-7-24-15(23-16-18(20)21-11-22-19(16)24)10-12-8-13(25-2)17(27-4)14(9-12)26-3/h12-19,21-23H,5-11,20H2,1-4H3. The summed E-state index contributed by atoms with van der Waals surface area (Å²) in [7, 11) is 5.30. The molecule has 0 spiro atoms. The molecule has 158 valence electrons. The number of nitrogens with two attached hydrogens (primary N) is 1. The summed E-state index contributed by atoms with van der Waals surface area (Å²) < 4.78 is 17.2. The predicted octanol–water partition coefficient (Wildman–Crippen LogP) is -0.00730. The van der Waals surface area contributed by atoms with Crippen LogP contribution in [0.5, 0.6) is 0 Å². The molecular weight excluding hydrogens is 346 g/mol. The molecule has 6 atom stereocenters. The van der Waals surface area contributed by atoms with Gasteiger partial charge in [-0.05, 0) is 31.6 Å². The van der Waals surface area contributed by atoms with E-state index in [1.807, 2.05) is 0 Å². The Morgan fingerprint density at radius 3 is 2.33 bits per heavy atom. The van der Waals surface area contributed by atoms with Gasteiger partial charge in [0.05, 0.1) is 36.7 Å². The lowest BCUT2D eigenvalue weighted by Crippen LogP contribution is -2.67. The molecular formula is C19H39N5O3. The van der Waals surface area contributed by atoms with Crippen molar-refractivity contribution in [1.29, 1.82) is 0 Å². The van der Waals surface area contributed by atoms with Crippen molar-refractivity contribution in [3.63, 3.8) is 0 Å². The summed E-state index contributed by atoms with van der Waals surface area (Å²) in [4.78, 5) is 2.58. The van der Waals surface area contributed by atoms with Gasteiger partial charge < -0.3 is 19.9 Å². The van der Waals surface area contributed by atoms with Gasteiger partial charge in [0.15, 0.2) is 0 Å². The molecule has 0 aromatic heterocycles. The molecule has 0 aromatic carbocycles. The summed E-state index contributed by atoms with van der Waals surface area (Å²) in [6.07, 6.45) is 6.23. The van der Waals surface area contributed by atoms with Gasteiger partial charge in [0.25, 0.3) is 0 Å². The van der Waals surface area contributed by atoms with E-state index in [0.29, 0.717) is 18.2 Å². The lowest BCUT2D eigenvalue weighted by molar-refractivity contribution is -0.142. The number of nitrogens with one attached hydrogen (secondary N) is 3. The van der Waals surface area contributed by atoms with Crippen LogP contribution in [0.15, 0.2) is 0 Å². The molecule has 5 N–H and O–H groups in total. The van der Waals surface area contributed by atoms with Gasteiger partial charge in [0.2, 0.25) is 0 Å². The second kappa shape index (κ2) is 9.93. The van der Waals surface area contributed by atoms with Gasteiger partial charge in [0.1, 0.15) is 6.10 Å². The van der Waals surface area contributed by atoms with Crippen LogP contribution in [0.2, 0.25) is 0 Å². The minimum absolute atomic E-state index is 0.00542. The van der Waals surface area contributed by atoms with Crippen LogP contribution < -0.4 is 21.7 Å². The summed E-state index contributed by atoms with van der Waals surface area (Å²) in [5.41, 5.74) is 6.33. The third-order valence-corrected chi connectivity index (χ3v) is 6.59. The van der Waals surface area contributed by atoms with E-state index < -0.39 is 0 Å². The molecule has 0 aromatic rings. The molecule has 27 heavy (non-hydrogen) atoms. The Hall–Kier alpha value is -0.320. The first-order valence-electron chi connectivity index (χ1n) is 10.4. The van der Waals surface area contributed by atoms with Crippen LogP contribution >= 0.6 is 0 Å². The van der Waals surface area contributed by atoms with E-state index >= 15 is 0 Å². The highest BCUT2D eigenvalue weighted by Gasteiger charge is 2.46. The molecule has 3 rings (SSSR count). The van der Waals surface area contributed by atoms with Gasteiger partial charge >= 0.3 is 0 Å². The van der Waals surface area contributed by atoms with Crippen LogP contribution in [0.25, 0.3) is 0 Å². The quantitative estimate of drug-likeness (QED) is 0.464. The number of methoxy groups -OCH3 is 3. The first kappa shape index (κ1) is 21.4. The van der Waals surface area contributed by atoms with E-state index in [4.69, 9.17) is 19.9 Å². The van der Waals surface area contributed by atoms with Crippen molar-refractivity contribution >= 4 is 0 Å². The van der Waals surface area contributed by atoms with Gasteiger partial charge in [0, 0.05) is 34.5 Å². The van der Waals surface area contributed by atoms with Crippen LogP contribution in [0.4, 0.5) is 0 Å². The number of hydrogen-bond donors (Lipinski definition) is 4. The lowest BCUT2D eigenvalue weighted by Gasteiger charge is -2.41. The SMILES string of the molecule is CCCCN1C(CC2CC(OC)C(OC)C(OC)C2)NC2C(N)NCNC21. The number of hydrogen-bond acceptors (Lipinski definition) is 8. The third kappa shape index (κ3) is 4.64. The maximum atomic E-state index is 6.33. The summed E-state index contributed by atoms with van der Waals surface area (Å²) in [5.74, 6) is 0.525.